The van der Waals surface area contributed by atoms with Crippen molar-refractivity contribution in [3.05, 3.63) is 12.0 Å². The summed E-state index contributed by atoms with van der Waals surface area (Å²) in [5.41, 5.74) is 5.62. The summed E-state index contributed by atoms with van der Waals surface area (Å²) >= 11 is 0. The number of ether oxygens (including phenoxy) is 1. The number of amides is 1. The van der Waals surface area contributed by atoms with E-state index in [1.54, 1.807) is 0 Å². The highest BCUT2D eigenvalue weighted by Crippen LogP contribution is 2.10. The second kappa shape index (κ2) is 4.45. The fourth-order valence-electron chi connectivity index (χ4n) is 1.01. The molecule has 0 spiro atoms. The van der Waals surface area contributed by atoms with Gasteiger partial charge in [0, 0.05) is 7.05 Å². The first-order valence-electron chi connectivity index (χ1n) is 4.19. The van der Waals surface area contributed by atoms with Crippen molar-refractivity contribution in [2.24, 2.45) is 0 Å². The van der Waals surface area contributed by atoms with Crippen LogP contribution in [0.15, 0.2) is 6.33 Å². The molecule has 0 fully saturated rings. The molecule has 0 aliphatic heterocycles. The molecule has 1 amide bonds. The molecular weight excluding hydrogens is 200 g/mol. The number of carbonyl (C=O) groups excluding carboxylic acids is 2. The number of nitrogens with two attached hydrogens (primary N) is 1. The lowest BCUT2D eigenvalue weighted by Gasteiger charge is -2.03. The van der Waals surface area contributed by atoms with E-state index in [1.807, 2.05) is 0 Å². The largest absolute Gasteiger partial charge is 0.464 e. The van der Waals surface area contributed by atoms with Crippen LogP contribution in [0.3, 0.4) is 0 Å². The summed E-state index contributed by atoms with van der Waals surface area (Å²) in [6.45, 7) is 0.0202. The Bertz CT molecular complexity index is 385. The maximum atomic E-state index is 11.1. The second-order valence-electron chi connectivity index (χ2n) is 2.77. The lowest BCUT2D eigenvalue weighted by Crippen LogP contribution is -2.24. The summed E-state index contributed by atoms with van der Waals surface area (Å²) in [5.74, 6) is -0.732. The molecule has 1 aromatic rings. The van der Waals surface area contributed by atoms with Gasteiger partial charge in [-0.05, 0) is 0 Å². The van der Waals surface area contributed by atoms with E-state index >= 15 is 0 Å². The van der Waals surface area contributed by atoms with Gasteiger partial charge in [0.05, 0.1) is 13.4 Å². The first kappa shape index (κ1) is 11.0. The summed E-state index contributed by atoms with van der Waals surface area (Å²) in [5, 5.41) is 2.43. The molecule has 0 aliphatic carbocycles. The number of esters is 1. The predicted octanol–water partition coefficient (Wildman–Crippen LogP) is -1.00. The summed E-state index contributed by atoms with van der Waals surface area (Å²) in [4.78, 5) is 25.9. The van der Waals surface area contributed by atoms with Crippen LogP contribution in [-0.2, 0) is 16.1 Å². The van der Waals surface area contributed by atoms with E-state index in [4.69, 9.17) is 5.73 Å². The number of nitrogens with one attached hydrogen (secondary N) is 1. The van der Waals surface area contributed by atoms with Gasteiger partial charge >= 0.3 is 5.97 Å². The van der Waals surface area contributed by atoms with E-state index in [2.05, 4.69) is 15.0 Å². The van der Waals surface area contributed by atoms with Gasteiger partial charge in [0.15, 0.2) is 5.69 Å². The standard InChI is InChI=1S/C8H12N4O3/c1-10-5(13)3-12-4-11-6(7(12)9)8(14)15-2/h4H,3,9H2,1-2H3,(H,10,13). The number of imidazole rings is 1. The van der Waals surface area contributed by atoms with E-state index in [1.165, 1.54) is 25.1 Å². The minimum absolute atomic E-state index is 0.0152. The van der Waals surface area contributed by atoms with Gasteiger partial charge in [0.1, 0.15) is 12.4 Å². The summed E-state index contributed by atoms with van der Waals surface area (Å²) in [6, 6.07) is 0. The molecule has 7 nitrogen and oxygen atoms in total. The number of likely N-dealkylation sites (N-methyl/N-ethyl adjacent to an activating group) is 1. The highest BCUT2D eigenvalue weighted by atomic mass is 16.5. The Morgan fingerprint density at radius 2 is 2.33 bits per heavy atom. The minimum atomic E-state index is -0.622. The Labute approximate surface area is 86.2 Å². The van der Waals surface area contributed by atoms with Crippen LogP contribution in [0.1, 0.15) is 10.5 Å². The van der Waals surface area contributed by atoms with Gasteiger partial charge in [0.2, 0.25) is 5.91 Å². The quantitative estimate of drug-likeness (QED) is 0.626. The normalized spacial score (nSPS) is 9.73. The van der Waals surface area contributed by atoms with Crippen LogP contribution >= 0.6 is 0 Å². The molecule has 0 aromatic carbocycles. The van der Waals surface area contributed by atoms with Crippen molar-refractivity contribution in [2.75, 3.05) is 19.9 Å². The molecule has 15 heavy (non-hydrogen) atoms. The van der Waals surface area contributed by atoms with E-state index < -0.39 is 5.97 Å². The zero-order valence-electron chi connectivity index (χ0n) is 8.48. The Morgan fingerprint density at radius 1 is 1.67 bits per heavy atom. The first-order chi connectivity index (χ1) is 7.10. The molecule has 0 aliphatic rings. The number of methoxy groups -OCH3 is 1. The topological polar surface area (TPSA) is 99.2 Å². The van der Waals surface area contributed by atoms with Crippen molar-refractivity contribution in [3.8, 4) is 0 Å². The predicted molar refractivity (Wildman–Crippen MR) is 52.0 cm³/mol. The van der Waals surface area contributed by atoms with Gasteiger partial charge in [-0.3, -0.25) is 4.79 Å². The number of aromatic nitrogens is 2. The average Bonchev–Trinajstić information content (AvgIpc) is 2.59. The lowest BCUT2D eigenvalue weighted by atomic mass is 10.4. The van der Waals surface area contributed by atoms with Crippen LogP contribution < -0.4 is 11.1 Å². The van der Waals surface area contributed by atoms with Crippen molar-refractivity contribution in [3.63, 3.8) is 0 Å². The van der Waals surface area contributed by atoms with E-state index in [0.29, 0.717) is 0 Å². The molecule has 3 N–H and O–H groups in total. The van der Waals surface area contributed by atoms with Gasteiger partial charge in [-0.25, -0.2) is 9.78 Å². The smallest absolute Gasteiger partial charge is 0.360 e. The molecule has 0 unspecified atom stereocenters. The molecule has 0 radical (unpaired) electrons. The maximum Gasteiger partial charge on any atom is 0.360 e. The first-order valence-corrected chi connectivity index (χ1v) is 4.19. The second-order valence-corrected chi connectivity index (χ2v) is 2.77. The minimum Gasteiger partial charge on any atom is -0.464 e. The molecule has 0 saturated carbocycles. The highest BCUT2D eigenvalue weighted by molar-refractivity contribution is 5.92. The third-order valence-corrected chi connectivity index (χ3v) is 1.85. The number of hydrogen-bond acceptors (Lipinski definition) is 5. The zero-order chi connectivity index (χ0) is 11.4. The van der Waals surface area contributed by atoms with Crippen molar-refractivity contribution < 1.29 is 14.3 Å². The third kappa shape index (κ3) is 2.25. The van der Waals surface area contributed by atoms with Crippen LogP contribution in [0.5, 0.6) is 0 Å². The molecule has 0 atom stereocenters. The molecule has 1 heterocycles. The fraction of sp³-hybridized carbons (Fsp3) is 0.375. The molecular formula is C8H12N4O3. The number of carbonyl (C=O) groups is 2. The monoisotopic (exact) mass is 212 g/mol. The van der Waals surface area contributed by atoms with Crippen molar-refractivity contribution in [1.29, 1.82) is 0 Å². The van der Waals surface area contributed by atoms with Crippen LogP contribution in [0.25, 0.3) is 0 Å². The van der Waals surface area contributed by atoms with Crippen molar-refractivity contribution in [1.82, 2.24) is 14.9 Å². The van der Waals surface area contributed by atoms with Crippen LogP contribution in [0.4, 0.5) is 5.82 Å². The molecule has 1 aromatic heterocycles. The van der Waals surface area contributed by atoms with Crippen molar-refractivity contribution >= 4 is 17.7 Å². The Balaban J connectivity index is 2.89. The van der Waals surface area contributed by atoms with Gasteiger partial charge in [-0.15, -0.1) is 0 Å². The molecule has 82 valence electrons. The maximum absolute atomic E-state index is 11.1. The van der Waals surface area contributed by atoms with E-state index in [-0.39, 0.29) is 24.0 Å². The molecule has 0 bridgehead atoms. The molecule has 1 rings (SSSR count). The summed E-state index contributed by atoms with van der Waals surface area (Å²) in [6.07, 6.45) is 1.32. The summed E-state index contributed by atoms with van der Waals surface area (Å²) < 4.78 is 5.83. The van der Waals surface area contributed by atoms with Crippen LogP contribution in [0, 0.1) is 0 Å². The number of hydrogen-bond donors (Lipinski definition) is 2. The number of nitrogen functional groups attached to an aromatic ring is 1. The van der Waals surface area contributed by atoms with Gasteiger partial charge in [-0.2, -0.15) is 0 Å². The Morgan fingerprint density at radius 3 is 2.87 bits per heavy atom. The van der Waals surface area contributed by atoms with Crippen LogP contribution in [0.2, 0.25) is 0 Å². The summed E-state index contributed by atoms with van der Waals surface area (Å²) in [7, 11) is 2.75. The average molecular weight is 212 g/mol. The van der Waals surface area contributed by atoms with Gasteiger partial charge < -0.3 is 20.4 Å². The number of anilines is 1. The lowest BCUT2D eigenvalue weighted by molar-refractivity contribution is -0.121. The zero-order valence-corrected chi connectivity index (χ0v) is 8.48. The van der Waals surface area contributed by atoms with Crippen molar-refractivity contribution in [2.45, 2.75) is 6.54 Å². The highest BCUT2D eigenvalue weighted by Gasteiger charge is 2.16. The third-order valence-electron chi connectivity index (χ3n) is 1.85. The van der Waals surface area contributed by atoms with Gasteiger partial charge in [-0.1, -0.05) is 0 Å². The number of rotatable bonds is 3. The SMILES string of the molecule is CNC(=O)Cn1cnc(C(=O)OC)c1N. The molecule has 0 saturated heterocycles. The number of nitrogens with zero attached hydrogens (tertiary/aromatic N) is 2. The Kier molecular flexibility index (Phi) is 3.27. The van der Waals surface area contributed by atoms with Crippen LogP contribution in [-0.4, -0.2) is 35.6 Å². The van der Waals surface area contributed by atoms with E-state index in [9.17, 15) is 9.59 Å². The van der Waals surface area contributed by atoms with Gasteiger partial charge in [0.25, 0.3) is 0 Å². The fourth-order valence-corrected chi connectivity index (χ4v) is 1.01. The molecule has 7 heteroatoms. The van der Waals surface area contributed by atoms with E-state index in [0.717, 1.165) is 0 Å². The Hall–Kier alpha value is -2.05.